The standard InChI is InChI=1S/C18H21N5O2S/c1-2-25-18(24)23-15-6-14(8-20-9-15)22-17-13(7-19)5-16(10-21-17)26-11-12-3-4-12/h5-10,12,19H,2-4,11H2,1H3,(H,21,22)(H,23,24). The molecule has 2 aromatic rings. The molecule has 3 N–H and O–H groups in total. The van der Waals surface area contributed by atoms with Crippen LogP contribution in [-0.2, 0) is 4.74 Å². The monoisotopic (exact) mass is 371 g/mol. The van der Waals surface area contributed by atoms with Gasteiger partial charge in [-0.2, -0.15) is 0 Å². The first-order valence-electron chi connectivity index (χ1n) is 8.47. The van der Waals surface area contributed by atoms with Crippen molar-refractivity contribution in [3.8, 4) is 0 Å². The number of rotatable bonds is 8. The lowest BCUT2D eigenvalue weighted by molar-refractivity contribution is 0.168. The number of nitrogens with zero attached hydrogens (tertiary/aromatic N) is 2. The summed E-state index contributed by atoms with van der Waals surface area (Å²) in [7, 11) is 0. The molecule has 0 radical (unpaired) electrons. The van der Waals surface area contributed by atoms with Gasteiger partial charge in [-0.15, -0.1) is 11.8 Å². The van der Waals surface area contributed by atoms with Crippen molar-refractivity contribution in [2.24, 2.45) is 5.92 Å². The fourth-order valence-corrected chi connectivity index (χ4v) is 3.35. The van der Waals surface area contributed by atoms with Gasteiger partial charge in [0.25, 0.3) is 0 Å². The number of thioether (sulfide) groups is 1. The van der Waals surface area contributed by atoms with E-state index in [1.807, 2.05) is 12.3 Å². The first-order chi connectivity index (χ1) is 12.7. The van der Waals surface area contributed by atoms with Crippen LogP contribution < -0.4 is 10.6 Å². The number of carbonyl (C=O) groups is 1. The maximum Gasteiger partial charge on any atom is 0.411 e. The van der Waals surface area contributed by atoms with Crippen LogP contribution in [-0.4, -0.2) is 34.6 Å². The van der Waals surface area contributed by atoms with E-state index in [0.29, 0.717) is 29.4 Å². The molecule has 1 aliphatic rings. The largest absolute Gasteiger partial charge is 0.450 e. The molecule has 1 amide bonds. The van der Waals surface area contributed by atoms with Crippen molar-refractivity contribution in [2.45, 2.75) is 24.7 Å². The normalized spacial score (nSPS) is 13.1. The smallest absolute Gasteiger partial charge is 0.411 e. The molecule has 0 spiro atoms. The molecule has 0 atom stereocenters. The number of pyridine rings is 2. The summed E-state index contributed by atoms with van der Waals surface area (Å²) in [4.78, 5) is 21.1. The summed E-state index contributed by atoms with van der Waals surface area (Å²) in [5, 5.41) is 13.4. The predicted octanol–water partition coefficient (Wildman–Crippen LogP) is 4.29. The quantitative estimate of drug-likeness (QED) is 0.473. The van der Waals surface area contributed by atoms with Gasteiger partial charge in [0, 0.05) is 28.6 Å². The number of amides is 1. The van der Waals surface area contributed by atoms with Gasteiger partial charge in [-0.3, -0.25) is 10.3 Å². The van der Waals surface area contributed by atoms with Gasteiger partial charge in [-0.1, -0.05) is 0 Å². The number of carbonyl (C=O) groups excluding carboxylic acids is 1. The van der Waals surface area contributed by atoms with E-state index in [2.05, 4.69) is 20.6 Å². The lowest BCUT2D eigenvalue weighted by Gasteiger charge is -2.11. The first-order valence-corrected chi connectivity index (χ1v) is 9.45. The Morgan fingerprint density at radius 2 is 2.15 bits per heavy atom. The number of ether oxygens (including phenoxy) is 1. The summed E-state index contributed by atoms with van der Waals surface area (Å²) in [5.74, 6) is 2.52. The summed E-state index contributed by atoms with van der Waals surface area (Å²) >= 11 is 1.78. The molecule has 0 bridgehead atoms. The lowest BCUT2D eigenvalue weighted by atomic mass is 10.2. The lowest BCUT2D eigenvalue weighted by Crippen LogP contribution is -2.13. The van der Waals surface area contributed by atoms with Crippen LogP contribution >= 0.6 is 11.8 Å². The molecule has 0 aliphatic heterocycles. The van der Waals surface area contributed by atoms with Gasteiger partial charge in [0.05, 0.1) is 30.4 Å². The number of anilines is 3. The van der Waals surface area contributed by atoms with E-state index in [4.69, 9.17) is 10.1 Å². The van der Waals surface area contributed by atoms with Crippen LogP contribution in [0.25, 0.3) is 0 Å². The number of nitrogens with one attached hydrogen (secondary N) is 3. The summed E-state index contributed by atoms with van der Waals surface area (Å²) in [6, 6.07) is 3.69. The van der Waals surface area contributed by atoms with E-state index in [1.54, 1.807) is 30.9 Å². The first kappa shape index (κ1) is 18.2. The second-order valence-corrected chi connectivity index (χ2v) is 7.03. The predicted molar refractivity (Wildman–Crippen MR) is 104 cm³/mol. The van der Waals surface area contributed by atoms with Crippen LogP contribution in [0.1, 0.15) is 25.3 Å². The Morgan fingerprint density at radius 1 is 1.35 bits per heavy atom. The van der Waals surface area contributed by atoms with Crippen LogP contribution in [0, 0.1) is 11.3 Å². The third-order valence-corrected chi connectivity index (χ3v) is 4.95. The number of hydrogen-bond donors (Lipinski definition) is 3. The van der Waals surface area contributed by atoms with Gasteiger partial charge >= 0.3 is 6.09 Å². The minimum absolute atomic E-state index is 0.301. The molecule has 2 aromatic heterocycles. The highest BCUT2D eigenvalue weighted by Crippen LogP contribution is 2.35. The van der Waals surface area contributed by atoms with Gasteiger partial charge in [-0.05, 0) is 37.8 Å². The molecule has 7 nitrogen and oxygen atoms in total. The maximum absolute atomic E-state index is 11.5. The SMILES string of the molecule is CCOC(=O)Nc1cncc(Nc2ncc(SCC3CC3)cc2C=N)c1. The zero-order valence-electron chi connectivity index (χ0n) is 14.5. The summed E-state index contributed by atoms with van der Waals surface area (Å²) in [6.07, 6.45) is 8.37. The fraction of sp³-hybridized carbons (Fsp3) is 0.333. The van der Waals surface area contributed by atoms with E-state index in [1.165, 1.54) is 25.3 Å². The third-order valence-electron chi connectivity index (χ3n) is 3.75. The Balaban J connectivity index is 1.69. The van der Waals surface area contributed by atoms with Gasteiger partial charge in [-0.25, -0.2) is 9.78 Å². The van der Waals surface area contributed by atoms with E-state index < -0.39 is 6.09 Å². The van der Waals surface area contributed by atoms with E-state index in [-0.39, 0.29) is 0 Å². The van der Waals surface area contributed by atoms with Crippen LogP contribution in [0.2, 0.25) is 0 Å². The molecule has 26 heavy (non-hydrogen) atoms. The molecular formula is C18H21N5O2S. The Labute approximate surface area is 156 Å². The average Bonchev–Trinajstić information content (AvgIpc) is 3.46. The molecule has 1 aliphatic carbocycles. The average molecular weight is 371 g/mol. The van der Waals surface area contributed by atoms with E-state index >= 15 is 0 Å². The Morgan fingerprint density at radius 3 is 2.88 bits per heavy atom. The van der Waals surface area contributed by atoms with E-state index in [0.717, 1.165) is 16.6 Å². The van der Waals surface area contributed by atoms with Crippen LogP contribution in [0.3, 0.4) is 0 Å². The fourth-order valence-electron chi connectivity index (χ4n) is 2.25. The Kier molecular flexibility index (Phi) is 6.06. The van der Waals surface area contributed by atoms with Crippen molar-refractivity contribution in [2.75, 3.05) is 23.0 Å². The zero-order valence-corrected chi connectivity index (χ0v) is 15.3. The van der Waals surface area contributed by atoms with Crippen molar-refractivity contribution in [3.63, 3.8) is 0 Å². The molecule has 8 heteroatoms. The zero-order chi connectivity index (χ0) is 18.4. The van der Waals surface area contributed by atoms with Gasteiger partial charge in [0.1, 0.15) is 5.82 Å². The Bertz CT molecular complexity index is 795. The molecule has 0 unspecified atom stereocenters. The summed E-state index contributed by atoms with van der Waals surface area (Å²) < 4.78 is 4.86. The highest BCUT2D eigenvalue weighted by molar-refractivity contribution is 7.99. The van der Waals surface area contributed by atoms with Gasteiger partial charge in [0.2, 0.25) is 0 Å². The van der Waals surface area contributed by atoms with Crippen LogP contribution in [0.4, 0.5) is 22.0 Å². The molecule has 3 rings (SSSR count). The van der Waals surface area contributed by atoms with Crippen LogP contribution in [0.5, 0.6) is 0 Å². The minimum Gasteiger partial charge on any atom is -0.450 e. The summed E-state index contributed by atoms with van der Waals surface area (Å²) in [6.45, 7) is 2.04. The second-order valence-electron chi connectivity index (χ2n) is 5.94. The highest BCUT2D eigenvalue weighted by atomic mass is 32.2. The Hall–Kier alpha value is -2.61. The number of hydrogen-bond acceptors (Lipinski definition) is 7. The highest BCUT2D eigenvalue weighted by Gasteiger charge is 2.21. The molecule has 0 saturated heterocycles. The minimum atomic E-state index is -0.526. The van der Waals surface area contributed by atoms with Crippen molar-refractivity contribution in [3.05, 3.63) is 36.3 Å². The molecule has 1 saturated carbocycles. The van der Waals surface area contributed by atoms with Gasteiger partial charge in [0.15, 0.2) is 0 Å². The maximum atomic E-state index is 11.5. The number of aromatic nitrogens is 2. The molecule has 1 fully saturated rings. The van der Waals surface area contributed by atoms with Gasteiger partial charge < -0.3 is 15.5 Å². The molecular weight excluding hydrogens is 350 g/mol. The topological polar surface area (TPSA) is 100.0 Å². The van der Waals surface area contributed by atoms with Crippen molar-refractivity contribution >= 4 is 41.3 Å². The molecule has 136 valence electrons. The van der Waals surface area contributed by atoms with Crippen molar-refractivity contribution in [1.29, 1.82) is 5.41 Å². The second kappa shape index (κ2) is 8.66. The third kappa shape index (κ3) is 5.19. The van der Waals surface area contributed by atoms with Crippen LogP contribution in [0.15, 0.2) is 35.6 Å². The van der Waals surface area contributed by atoms with Crippen molar-refractivity contribution in [1.82, 2.24) is 9.97 Å². The van der Waals surface area contributed by atoms with E-state index in [9.17, 15) is 4.79 Å². The summed E-state index contributed by atoms with van der Waals surface area (Å²) in [5.41, 5.74) is 1.88. The van der Waals surface area contributed by atoms with Crippen molar-refractivity contribution < 1.29 is 9.53 Å². The molecule has 0 aromatic carbocycles. The molecule has 2 heterocycles.